The summed E-state index contributed by atoms with van der Waals surface area (Å²) in [6.07, 6.45) is 1.06. The van der Waals surface area contributed by atoms with E-state index in [1.54, 1.807) is 7.11 Å². The van der Waals surface area contributed by atoms with Crippen LogP contribution in [-0.4, -0.2) is 26.7 Å². The average molecular weight is 268 g/mol. The molecular formula is C17H20N2O. The number of anilines is 2. The van der Waals surface area contributed by atoms with Crippen LogP contribution < -0.4 is 15.0 Å². The zero-order valence-electron chi connectivity index (χ0n) is 11.8. The largest absolute Gasteiger partial charge is 0.497 e. The number of rotatable bonds is 2. The molecule has 3 nitrogen and oxygen atoms in total. The molecule has 0 fully saturated rings. The lowest BCUT2D eigenvalue weighted by atomic mass is 10.1. The highest BCUT2D eigenvalue weighted by atomic mass is 16.5. The zero-order chi connectivity index (χ0) is 13.8. The predicted octanol–water partition coefficient (Wildman–Crippen LogP) is 3.17. The molecule has 3 rings (SSSR count). The van der Waals surface area contributed by atoms with Crippen molar-refractivity contribution in [3.05, 3.63) is 54.1 Å². The van der Waals surface area contributed by atoms with E-state index in [-0.39, 0.29) is 0 Å². The van der Waals surface area contributed by atoms with Crippen LogP contribution in [0.4, 0.5) is 11.4 Å². The molecule has 0 radical (unpaired) electrons. The van der Waals surface area contributed by atoms with Crippen LogP contribution in [0.3, 0.4) is 0 Å². The summed E-state index contributed by atoms with van der Waals surface area (Å²) in [5.74, 6) is 0.915. The lowest BCUT2D eigenvalue weighted by Gasteiger charge is -2.28. The third kappa shape index (κ3) is 2.72. The van der Waals surface area contributed by atoms with Gasteiger partial charge in [0.05, 0.1) is 7.11 Å². The van der Waals surface area contributed by atoms with Crippen molar-refractivity contribution in [1.82, 2.24) is 0 Å². The van der Waals surface area contributed by atoms with Crippen LogP contribution in [0.1, 0.15) is 5.56 Å². The maximum Gasteiger partial charge on any atom is 0.120 e. The van der Waals surface area contributed by atoms with E-state index in [0.717, 1.165) is 31.8 Å². The van der Waals surface area contributed by atoms with E-state index in [0.29, 0.717) is 0 Å². The van der Waals surface area contributed by atoms with Crippen LogP contribution in [0.15, 0.2) is 48.5 Å². The number of hydrogen-bond acceptors (Lipinski definition) is 3. The summed E-state index contributed by atoms with van der Waals surface area (Å²) in [4.78, 5) is 2.41. The number of methoxy groups -OCH3 is 1. The Hall–Kier alpha value is -2.16. The Morgan fingerprint density at radius 2 is 1.95 bits per heavy atom. The van der Waals surface area contributed by atoms with Gasteiger partial charge in [-0.2, -0.15) is 0 Å². The standard InChI is InChI=1S/C17H20N2O/c1-20-16-7-4-6-15(13-16)19-11-9-14-5-2-3-8-17(14)18-10-12-19/h2-8,13,18H,9-12H2,1H3. The molecule has 0 atom stereocenters. The molecule has 0 saturated heterocycles. The summed E-state index contributed by atoms with van der Waals surface area (Å²) < 4.78 is 5.32. The normalized spacial score (nSPS) is 14.8. The Balaban J connectivity index is 1.79. The molecule has 0 aliphatic carbocycles. The molecule has 0 bridgehead atoms. The van der Waals surface area contributed by atoms with E-state index >= 15 is 0 Å². The van der Waals surface area contributed by atoms with E-state index < -0.39 is 0 Å². The molecule has 0 amide bonds. The molecule has 0 spiro atoms. The lowest BCUT2D eigenvalue weighted by Crippen LogP contribution is -2.33. The zero-order valence-corrected chi connectivity index (χ0v) is 11.8. The number of para-hydroxylation sites is 1. The van der Waals surface area contributed by atoms with Gasteiger partial charge in [0.1, 0.15) is 5.75 Å². The second-order valence-corrected chi connectivity index (χ2v) is 5.02. The molecule has 104 valence electrons. The van der Waals surface area contributed by atoms with Crippen LogP contribution in [0.25, 0.3) is 0 Å². The van der Waals surface area contributed by atoms with E-state index in [4.69, 9.17) is 4.74 Å². The van der Waals surface area contributed by atoms with Crippen molar-refractivity contribution in [3.8, 4) is 5.75 Å². The first-order valence-corrected chi connectivity index (χ1v) is 7.07. The summed E-state index contributed by atoms with van der Waals surface area (Å²) in [6, 6.07) is 16.9. The van der Waals surface area contributed by atoms with E-state index in [2.05, 4.69) is 46.6 Å². The number of nitrogens with one attached hydrogen (secondary N) is 1. The van der Waals surface area contributed by atoms with Crippen molar-refractivity contribution < 1.29 is 4.74 Å². The first-order chi connectivity index (χ1) is 9.86. The summed E-state index contributed by atoms with van der Waals surface area (Å²) in [5.41, 5.74) is 3.89. The van der Waals surface area contributed by atoms with Crippen molar-refractivity contribution in [2.75, 3.05) is 37.0 Å². The minimum Gasteiger partial charge on any atom is -0.497 e. The Morgan fingerprint density at radius 3 is 2.85 bits per heavy atom. The Kier molecular flexibility index (Phi) is 3.77. The van der Waals surface area contributed by atoms with E-state index in [1.807, 2.05) is 12.1 Å². The fraction of sp³-hybridized carbons (Fsp3) is 0.294. The van der Waals surface area contributed by atoms with Gasteiger partial charge in [0.25, 0.3) is 0 Å². The molecule has 0 unspecified atom stereocenters. The van der Waals surface area contributed by atoms with Crippen molar-refractivity contribution in [2.45, 2.75) is 6.42 Å². The van der Waals surface area contributed by atoms with Gasteiger partial charge in [-0.15, -0.1) is 0 Å². The third-order valence-electron chi connectivity index (χ3n) is 3.78. The van der Waals surface area contributed by atoms with Gasteiger partial charge in [0.2, 0.25) is 0 Å². The molecule has 0 aromatic heterocycles. The molecule has 1 heterocycles. The second-order valence-electron chi connectivity index (χ2n) is 5.02. The highest BCUT2D eigenvalue weighted by Gasteiger charge is 2.12. The Labute approximate surface area is 120 Å². The molecular weight excluding hydrogens is 248 g/mol. The minimum atomic E-state index is 0.915. The van der Waals surface area contributed by atoms with E-state index in [1.165, 1.54) is 16.9 Å². The van der Waals surface area contributed by atoms with Crippen LogP contribution in [0.2, 0.25) is 0 Å². The highest BCUT2D eigenvalue weighted by Crippen LogP contribution is 2.23. The van der Waals surface area contributed by atoms with Crippen LogP contribution in [0.5, 0.6) is 5.75 Å². The average Bonchev–Trinajstić information content (AvgIpc) is 2.48. The number of benzene rings is 2. The summed E-state index contributed by atoms with van der Waals surface area (Å²) in [5, 5.41) is 3.52. The number of ether oxygens (including phenoxy) is 1. The fourth-order valence-corrected chi connectivity index (χ4v) is 2.67. The van der Waals surface area contributed by atoms with Gasteiger partial charge in [0, 0.05) is 37.1 Å². The number of hydrogen-bond donors (Lipinski definition) is 1. The lowest BCUT2D eigenvalue weighted by molar-refractivity contribution is 0.415. The maximum absolute atomic E-state index is 5.32. The van der Waals surface area contributed by atoms with Gasteiger partial charge in [-0.25, -0.2) is 0 Å². The minimum absolute atomic E-state index is 0.915. The van der Waals surface area contributed by atoms with Gasteiger partial charge in [-0.3, -0.25) is 0 Å². The number of fused-ring (bicyclic) bond motifs is 1. The molecule has 0 saturated carbocycles. The highest BCUT2D eigenvalue weighted by molar-refractivity contribution is 5.55. The van der Waals surface area contributed by atoms with Gasteiger partial charge in [0.15, 0.2) is 0 Å². The second kappa shape index (κ2) is 5.87. The summed E-state index contributed by atoms with van der Waals surface area (Å²) >= 11 is 0. The SMILES string of the molecule is COc1cccc(N2CCNc3ccccc3CC2)c1. The van der Waals surface area contributed by atoms with Crippen molar-refractivity contribution in [2.24, 2.45) is 0 Å². The molecule has 3 heteroatoms. The van der Waals surface area contributed by atoms with Crippen LogP contribution in [-0.2, 0) is 6.42 Å². The molecule has 2 aromatic carbocycles. The maximum atomic E-state index is 5.32. The van der Waals surface area contributed by atoms with Crippen molar-refractivity contribution >= 4 is 11.4 Å². The monoisotopic (exact) mass is 268 g/mol. The molecule has 1 aliphatic rings. The topological polar surface area (TPSA) is 24.5 Å². The van der Waals surface area contributed by atoms with Crippen molar-refractivity contribution in [1.29, 1.82) is 0 Å². The first-order valence-electron chi connectivity index (χ1n) is 7.07. The van der Waals surface area contributed by atoms with Crippen LogP contribution >= 0.6 is 0 Å². The van der Waals surface area contributed by atoms with Crippen molar-refractivity contribution in [3.63, 3.8) is 0 Å². The summed E-state index contributed by atoms with van der Waals surface area (Å²) in [6.45, 7) is 2.99. The smallest absolute Gasteiger partial charge is 0.120 e. The quantitative estimate of drug-likeness (QED) is 0.905. The fourth-order valence-electron chi connectivity index (χ4n) is 2.67. The Morgan fingerprint density at radius 1 is 1.05 bits per heavy atom. The first kappa shape index (κ1) is 12.9. The van der Waals surface area contributed by atoms with Gasteiger partial charge in [-0.1, -0.05) is 24.3 Å². The molecule has 2 aromatic rings. The van der Waals surface area contributed by atoms with E-state index in [9.17, 15) is 0 Å². The van der Waals surface area contributed by atoms with Gasteiger partial charge < -0.3 is 15.0 Å². The van der Waals surface area contributed by atoms with Gasteiger partial charge in [-0.05, 0) is 30.2 Å². The number of nitrogens with zero attached hydrogens (tertiary/aromatic N) is 1. The molecule has 20 heavy (non-hydrogen) atoms. The molecule has 1 aliphatic heterocycles. The predicted molar refractivity (Wildman–Crippen MR) is 83.8 cm³/mol. The summed E-state index contributed by atoms with van der Waals surface area (Å²) in [7, 11) is 1.71. The van der Waals surface area contributed by atoms with Crippen LogP contribution in [0, 0.1) is 0 Å². The Bertz CT molecular complexity index is 583. The third-order valence-corrected chi connectivity index (χ3v) is 3.78. The van der Waals surface area contributed by atoms with Gasteiger partial charge >= 0.3 is 0 Å². The molecule has 1 N–H and O–H groups in total.